The average Bonchev–Trinajstić information content (AvgIpc) is 3.61. The Hall–Kier alpha value is 0.312. The minimum absolute atomic E-state index is 0. The minimum atomic E-state index is 0. The quantitative estimate of drug-likeness (QED) is 0.100. The molecule has 4 aromatic heterocycles. The summed E-state index contributed by atoms with van der Waals surface area (Å²) in [7, 11) is 0. The van der Waals surface area contributed by atoms with Gasteiger partial charge in [-0.3, -0.25) is 24.9 Å². The number of halogens is 1. The molecular weight excluding hydrogens is 2410 g/mol. The van der Waals surface area contributed by atoms with Crippen molar-refractivity contribution in [3.63, 3.8) is 0 Å². The van der Waals surface area contributed by atoms with Gasteiger partial charge in [0.1, 0.15) is 0 Å². The summed E-state index contributed by atoms with van der Waals surface area (Å²) in [5.41, 5.74) is 12.8. The standard InChI is InChI=1S/C18H14N.C12H10N.2C10H8N.C9H10.C6H5.C3H6.3C2H6.CH2I.V.5W.4Y/c1-2-17(14-7-4-3-5-8-14)15-10-11-18-16(13-15)9-6-12-19-18;1-2-4-10-6-7-12-11(9-10)5-3-8-13-12;2*1-8-4-5-10-9(7-8)3-2-6-11-10;1-2-6-9-7-4-3-5-8-9;1-2-4-6-5-3-1;1-3-2;4*1-2;;;;;;;;;;/h2-5,7-13H,1H3;2,4-9H,1H3;2*3-7H,1H3;2-8H,1H3;1-5H;3H,1H2,2H3;3*1-2H3;1H2;;;;;;;;;;/q4*-1;;-1;;;;;-1;;;;;;;;;;. The van der Waals surface area contributed by atoms with Gasteiger partial charge in [-0.1, -0.05) is 223 Å². The fraction of sp³-hybridized carbons (Fsp3) is 0.160. The predicted octanol–water partition coefficient (Wildman–Crippen LogP) is 21.9. The summed E-state index contributed by atoms with van der Waals surface area (Å²) in [6, 6.07) is 77.9. The number of nitrogens with zero attached hydrogens (tertiary/aromatic N) is 4. The van der Waals surface area contributed by atoms with E-state index in [0.29, 0.717) is 0 Å². The molecule has 0 atom stereocenters. The number of hydrogen-bond donors (Lipinski definition) is 0. The first-order valence-electron chi connectivity index (χ1n) is 27.1. The first-order chi connectivity index (χ1) is 39.3. The van der Waals surface area contributed by atoms with Crippen LogP contribution in [0, 0.1) is 49.1 Å². The van der Waals surface area contributed by atoms with Crippen LogP contribution in [-0.4, -0.2) is 19.9 Å². The second-order valence-electron chi connectivity index (χ2n) is 16.0. The zero-order valence-corrected chi connectivity index (χ0v) is 83.6. The van der Waals surface area contributed by atoms with Crippen LogP contribution >= 0.6 is 22.6 Å². The molecule has 0 bridgehead atoms. The van der Waals surface area contributed by atoms with Gasteiger partial charge < -0.3 is 22.6 Å². The Morgan fingerprint density at radius 2 is 0.722 bits per heavy atom. The summed E-state index contributed by atoms with van der Waals surface area (Å²) < 4.78 is 0. The van der Waals surface area contributed by atoms with Gasteiger partial charge in [0.2, 0.25) is 0 Å². The molecule has 461 valence electrons. The van der Waals surface area contributed by atoms with Crippen LogP contribution in [0.1, 0.15) is 103 Å². The van der Waals surface area contributed by atoms with E-state index in [-0.39, 0.29) is 255 Å². The number of allylic oxidation sites excluding steroid dienone is 4. The van der Waals surface area contributed by atoms with Crippen LogP contribution in [0.5, 0.6) is 0 Å². The number of aryl methyl sites for hydroxylation is 2. The second kappa shape index (κ2) is 76.7. The van der Waals surface area contributed by atoms with Crippen LogP contribution in [0.15, 0.2) is 244 Å². The number of aromatic nitrogens is 4. The van der Waals surface area contributed by atoms with Crippen molar-refractivity contribution in [1.82, 2.24) is 19.9 Å². The van der Waals surface area contributed by atoms with E-state index in [1.165, 1.54) is 39.0 Å². The van der Waals surface area contributed by atoms with Crippen molar-refractivity contribution < 1.29 is 255 Å². The molecule has 0 aliphatic carbocycles. The smallest absolute Gasteiger partial charge is 0 e. The maximum absolute atomic E-state index is 4.31. The van der Waals surface area contributed by atoms with E-state index in [0.717, 1.165) is 43.6 Å². The Labute approximate surface area is 741 Å². The third-order valence-electron chi connectivity index (χ3n) is 10.3. The molecular formula is C75H81IN4VW5Y4-6. The molecule has 11 rings (SSSR count). The summed E-state index contributed by atoms with van der Waals surface area (Å²) in [6.07, 6.45) is 18.9. The first kappa shape index (κ1) is 112. The summed E-state index contributed by atoms with van der Waals surface area (Å²) in [5, 5.41) is 4.58. The molecule has 0 amide bonds. The molecule has 5 radical (unpaired) electrons. The van der Waals surface area contributed by atoms with Gasteiger partial charge in [0, 0.05) is 255 Å². The van der Waals surface area contributed by atoms with Crippen LogP contribution in [0.3, 0.4) is 0 Å². The number of benzene rings is 7. The van der Waals surface area contributed by atoms with E-state index < -0.39 is 0 Å². The molecule has 0 fully saturated rings. The topological polar surface area (TPSA) is 51.6 Å². The Morgan fingerprint density at radius 1 is 0.400 bits per heavy atom. The second-order valence-corrected chi connectivity index (χ2v) is 16.0. The van der Waals surface area contributed by atoms with E-state index in [2.05, 4.69) is 192 Å². The molecule has 0 aliphatic rings. The minimum Gasteiger partial charge on any atom is -0.319 e. The van der Waals surface area contributed by atoms with Gasteiger partial charge in [-0.2, -0.15) is 36.4 Å². The van der Waals surface area contributed by atoms with Gasteiger partial charge in [0.25, 0.3) is 0 Å². The van der Waals surface area contributed by atoms with Gasteiger partial charge in [0.15, 0.2) is 0 Å². The third kappa shape index (κ3) is 48.1. The molecule has 4 heterocycles. The molecule has 4 nitrogen and oxygen atoms in total. The average molecular weight is 2490 g/mol. The van der Waals surface area contributed by atoms with Crippen molar-refractivity contribution in [2.75, 3.05) is 0 Å². The largest absolute Gasteiger partial charge is 0.319 e. The number of fused-ring (bicyclic) bond motifs is 4. The van der Waals surface area contributed by atoms with Gasteiger partial charge in [-0.15, -0.1) is 52.4 Å². The zero-order valence-electron chi connectivity index (χ0n) is 54.1. The fourth-order valence-corrected chi connectivity index (χ4v) is 7.02. The van der Waals surface area contributed by atoms with Gasteiger partial charge in [-0.05, 0) is 91.4 Å². The number of pyridine rings is 4. The zero-order chi connectivity index (χ0) is 59.0. The maximum Gasteiger partial charge on any atom is 0 e. The van der Waals surface area contributed by atoms with Crippen LogP contribution in [-0.2, 0) is 255 Å². The summed E-state index contributed by atoms with van der Waals surface area (Å²) in [6.45, 7) is 27.5. The van der Waals surface area contributed by atoms with E-state index in [4.69, 9.17) is 0 Å². The molecule has 0 N–H and O–H groups in total. The monoisotopic (exact) mass is 2490 g/mol. The SMILES string of the molecule is C=CC.CC.CC.CC.CC=C(c1ccccc1)c1ccc2nc[c-]cc2c1.CC=Cc1ccc2nc[c-]cc2c1.CC=Cc1ccccc1.Cc1ccc2nc[c-]cc2c1.Cc1ccc2nc[c-]cc2c1.[CH2-]I.[V].[W].[W].[W].[W].[W].[Y].[Y].[Y].[Y].[c-]1ccccc1. The van der Waals surface area contributed by atoms with E-state index >= 15 is 0 Å². The Bertz CT molecular complexity index is 3340. The molecule has 0 saturated heterocycles. The summed E-state index contributed by atoms with van der Waals surface area (Å²) in [4.78, 5) is 20.1. The summed E-state index contributed by atoms with van der Waals surface area (Å²) >= 11 is 1.90. The molecule has 0 spiro atoms. The molecule has 0 aliphatic heterocycles. The molecule has 90 heavy (non-hydrogen) atoms. The Kier molecular flexibility index (Phi) is 95.2. The number of hydrogen-bond acceptors (Lipinski definition) is 4. The van der Waals surface area contributed by atoms with Crippen LogP contribution in [0.2, 0.25) is 0 Å². The Balaban J connectivity index is -0.000000103. The maximum atomic E-state index is 4.31. The van der Waals surface area contributed by atoms with Crippen LogP contribution < -0.4 is 0 Å². The van der Waals surface area contributed by atoms with E-state index in [1.807, 2.05) is 194 Å². The number of rotatable bonds is 4. The van der Waals surface area contributed by atoms with Crippen molar-refractivity contribution in [1.29, 1.82) is 0 Å². The summed E-state index contributed by atoms with van der Waals surface area (Å²) in [5.74, 6) is 0. The van der Waals surface area contributed by atoms with Crippen LogP contribution in [0.25, 0.3) is 61.3 Å². The van der Waals surface area contributed by atoms with Gasteiger partial charge in [0.05, 0.1) is 0 Å². The molecule has 7 aromatic carbocycles. The Morgan fingerprint density at radius 3 is 1.07 bits per heavy atom. The van der Waals surface area contributed by atoms with Crippen molar-refractivity contribution in [3.8, 4) is 0 Å². The van der Waals surface area contributed by atoms with Gasteiger partial charge in [-0.25, -0.2) is 48.5 Å². The van der Waals surface area contributed by atoms with Crippen molar-refractivity contribution in [3.05, 3.63) is 312 Å². The molecule has 11 aromatic rings. The fourth-order valence-electron chi connectivity index (χ4n) is 7.02. The van der Waals surface area contributed by atoms with Crippen LogP contribution in [0.4, 0.5) is 0 Å². The van der Waals surface area contributed by atoms with Crippen molar-refractivity contribution in [2.45, 2.75) is 83.1 Å². The molecule has 0 saturated carbocycles. The van der Waals surface area contributed by atoms with Crippen molar-refractivity contribution in [2.24, 2.45) is 0 Å². The normalized spacial score (nSPS) is 8.58. The molecule has 15 heteroatoms. The molecule has 0 unspecified atom stereocenters. The van der Waals surface area contributed by atoms with Crippen molar-refractivity contribution >= 4 is 83.9 Å². The predicted molar refractivity (Wildman–Crippen MR) is 361 cm³/mol. The first-order valence-corrected chi connectivity index (χ1v) is 28.6. The van der Waals surface area contributed by atoms with E-state index in [1.54, 1.807) is 30.9 Å². The van der Waals surface area contributed by atoms with E-state index in [9.17, 15) is 0 Å². The third-order valence-corrected chi connectivity index (χ3v) is 10.3. The van der Waals surface area contributed by atoms with Gasteiger partial charge >= 0.3 is 0 Å².